The topological polar surface area (TPSA) is 56.0 Å². The third-order valence-electron chi connectivity index (χ3n) is 9.13. The lowest BCUT2D eigenvalue weighted by molar-refractivity contribution is 0.888. The number of rotatable bonds is 5. The first-order valence-corrected chi connectivity index (χ1v) is 16.3. The van der Waals surface area contributed by atoms with Gasteiger partial charge in [-0.05, 0) is 85.0 Å². The molecule has 1 aliphatic carbocycles. The van der Waals surface area contributed by atoms with Crippen molar-refractivity contribution in [2.45, 2.75) is 19.3 Å². The minimum Gasteiger partial charge on any atom is -0.311 e. The Morgan fingerprint density at radius 2 is 1.45 bits per heavy atom. The van der Waals surface area contributed by atoms with Crippen LogP contribution in [0.5, 0.6) is 0 Å². The molecule has 0 saturated heterocycles. The summed E-state index contributed by atoms with van der Waals surface area (Å²) >= 11 is 0. The van der Waals surface area contributed by atoms with Gasteiger partial charge in [-0.25, -0.2) is 9.97 Å². The van der Waals surface area contributed by atoms with E-state index in [0.29, 0.717) is 0 Å². The monoisotopic (exact) mass is 605 g/mol. The molecular weight excluding hydrogens is 574 g/mol. The van der Waals surface area contributed by atoms with Crippen molar-refractivity contribution in [1.82, 2.24) is 19.5 Å². The molecule has 224 valence electrons. The lowest BCUT2D eigenvalue weighted by atomic mass is 9.96. The second kappa shape index (κ2) is 11.5. The van der Waals surface area contributed by atoms with E-state index in [9.17, 15) is 0 Å². The zero-order chi connectivity index (χ0) is 31.2. The van der Waals surface area contributed by atoms with Gasteiger partial charge in [0.05, 0.1) is 39.5 Å². The summed E-state index contributed by atoms with van der Waals surface area (Å²) in [7, 11) is 0. The van der Waals surface area contributed by atoms with E-state index in [4.69, 9.17) is 15.0 Å². The number of dihydropyridines is 1. The maximum atomic E-state index is 5.40. The standard InChI is InChI=1S/C42H31N5/c1-2-15-31(16-3-1)47-39-22-7-5-18-33(39)40-32-17-4-6-19-34(32)46-41(42(40)47)29-14-12-13-28(25-29)30-26-37(35-20-8-10-23-43-35)45-38(27-30)36-21-9-11-24-44-36/h1-6,8-10,12-21,23,25-27H,7,11,22,24H2. The lowest BCUT2D eigenvalue weighted by Crippen LogP contribution is -2.06. The molecule has 7 aromatic rings. The fourth-order valence-electron chi connectivity index (χ4n) is 7.00. The third-order valence-corrected chi connectivity index (χ3v) is 9.13. The van der Waals surface area contributed by atoms with E-state index < -0.39 is 0 Å². The number of nitrogens with zero attached hydrogens (tertiary/aromatic N) is 5. The number of hydrogen-bond acceptors (Lipinski definition) is 4. The Bertz CT molecular complexity index is 2400. The summed E-state index contributed by atoms with van der Waals surface area (Å²) in [5, 5.41) is 2.44. The molecule has 0 fully saturated rings. The Hall–Kier alpha value is -5.94. The summed E-state index contributed by atoms with van der Waals surface area (Å²) in [5.74, 6) is 0. The lowest BCUT2D eigenvalue weighted by Gasteiger charge is -2.15. The zero-order valence-electron chi connectivity index (χ0n) is 25.8. The molecule has 0 amide bonds. The highest BCUT2D eigenvalue weighted by Gasteiger charge is 2.24. The number of fused-ring (bicyclic) bond motifs is 5. The molecule has 0 saturated carbocycles. The fourth-order valence-corrected chi connectivity index (χ4v) is 7.00. The van der Waals surface area contributed by atoms with Crippen molar-refractivity contribution in [2.75, 3.05) is 6.54 Å². The Balaban J connectivity index is 1.30. The van der Waals surface area contributed by atoms with Crippen LogP contribution in [-0.2, 0) is 6.42 Å². The van der Waals surface area contributed by atoms with E-state index in [1.54, 1.807) is 0 Å². The smallest absolute Gasteiger partial charge is 0.0956 e. The molecule has 5 heteroatoms. The average molecular weight is 606 g/mol. The Kier molecular flexibility index (Phi) is 6.67. The van der Waals surface area contributed by atoms with E-state index in [1.807, 2.05) is 24.4 Å². The number of benzene rings is 3. The van der Waals surface area contributed by atoms with Crippen molar-refractivity contribution >= 4 is 33.6 Å². The van der Waals surface area contributed by atoms with E-state index in [1.165, 1.54) is 22.0 Å². The predicted octanol–water partition coefficient (Wildman–Crippen LogP) is 9.68. The molecule has 0 spiro atoms. The van der Waals surface area contributed by atoms with E-state index in [2.05, 4.69) is 125 Å². The van der Waals surface area contributed by atoms with Crippen LogP contribution < -0.4 is 0 Å². The van der Waals surface area contributed by atoms with Crippen molar-refractivity contribution in [3.63, 3.8) is 0 Å². The average Bonchev–Trinajstić information content (AvgIpc) is 3.51. The van der Waals surface area contributed by atoms with Gasteiger partial charge in [0.15, 0.2) is 0 Å². The van der Waals surface area contributed by atoms with Gasteiger partial charge >= 0.3 is 0 Å². The number of aliphatic imine (C=N–C) groups is 1. The van der Waals surface area contributed by atoms with Crippen LogP contribution in [0.1, 0.15) is 29.8 Å². The van der Waals surface area contributed by atoms with Crippen molar-refractivity contribution < 1.29 is 0 Å². The van der Waals surface area contributed by atoms with Gasteiger partial charge in [0.2, 0.25) is 0 Å². The maximum absolute atomic E-state index is 5.40. The van der Waals surface area contributed by atoms with Crippen LogP contribution in [0.4, 0.5) is 0 Å². The number of pyridine rings is 3. The zero-order valence-corrected chi connectivity index (χ0v) is 25.8. The Morgan fingerprint density at radius 1 is 0.617 bits per heavy atom. The molecule has 2 aliphatic rings. The van der Waals surface area contributed by atoms with Crippen LogP contribution in [0.15, 0.2) is 139 Å². The molecule has 5 heterocycles. The number of hydrogen-bond donors (Lipinski definition) is 0. The van der Waals surface area contributed by atoms with Crippen LogP contribution >= 0.6 is 0 Å². The molecule has 1 aliphatic heterocycles. The number of aromatic nitrogens is 4. The normalized spacial score (nSPS) is 14.0. The van der Waals surface area contributed by atoms with E-state index in [-0.39, 0.29) is 0 Å². The summed E-state index contributed by atoms with van der Waals surface area (Å²) < 4.78 is 2.45. The van der Waals surface area contributed by atoms with Gasteiger partial charge < -0.3 is 4.57 Å². The first kappa shape index (κ1) is 27.4. The maximum Gasteiger partial charge on any atom is 0.0956 e. The Labute approximate surface area is 273 Å². The summed E-state index contributed by atoms with van der Waals surface area (Å²) in [4.78, 5) is 19.8. The van der Waals surface area contributed by atoms with Gasteiger partial charge in [-0.15, -0.1) is 0 Å². The van der Waals surface area contributed by atoms with Gasteiger partial charge in [0.1, 0.15) is 0 Å². The first-order chi connectivity index (χ1) is 23.3. The quantitative estimate of drug-likeness (QED) is 0.196. The predicted molar refractivity (Wildman–Crippen MR) is 193 cm³/mol. The highest BCUT2D eigenvalue weighted by atomic mass is 15.0. The molecule has 5 nitrogen and oxygen atoms in total. The molecule has 3 aromatic carbocycles. The van der Waals surface area contributed by atoms with Crippen molar-refractivity contribution in [2.24, 2.45) is 4.99 Å². The van der Waals surface area contributed by atoms with Crippen molar-refractivity contribution in [1.29, 1.82) is 0 Å². The largest absolute Gasteiger partial charge is 0.311 e. The number of allylic oxidation sites excluding steroid dienone is 2. The molecule has 4 aromatic heterocycles. The van der Waals surface area contributed by atoms with Crippen molar-refractivity contribution in [3.8, 4) is 39.5 Å². The molecule has 0 N–H and O–H groups in total. The first-order valence-electron chi connectivity index (χ1n) is 16.3. The molecule has 0 bridgehead atoms. The minimum absolute atomic E-state index is 0.774. The van der Waals surface area contributed by atoms with Crippen LogP contribution in [0.2, 0.25) is 0 Å². The third kappa shape index (κ3) is 4.79. The van der Waals surface area contributed by atoms with Crippen LogP contribution in [0, 0.1) is 0 Å². The number of para-hydroxylation sites is 2. The summed E-state index contributed by atoms with van der Waals surface area (Å²) in [6.07, 6.45) is 13.6. The molecular formula is C42H31N5. The SMILES string of the molecule is C1=CC(c2cc(-c3cccc(-c4nc5ccccc5c5c6c(n(-c7ccccc7)c45)CCC=C6)c3)cc(-c3ccccn3)n2)=NCC1. The summed E-state index contributed by atoms with van der Waals surface area (Å²) in [6, 6.07) is 38.3. The van der Waals surface area contributed by atoms with Crippen LogP contribution in [0.25, 0.3) is 67.3 Å². The van der Waals surface area contributed by atoms with Gasteiger partial charge in [-0.1, -0.05) is 78.9 Å². The second-order valence-electron chi connectivity index (χ2n) is 12.1. The minimum atomic E-state index is 0.774. The highest BCUT2D eigenvalue weighted by Crippen LogP contribution is 2.42. The second-order valence-corrected chi connectivity index (χ2v) is 12.1. The molecule has 0 atom stereocenters. The van der Waals surface area contributed by atoms with Crippen molar-refractivity contribution in [3.05, 3.63) is 151 Å². The van der Waals surface area contributed by atoms with Gasteiger partial charge in [-0.3, -0.25) is 9.98 Å². The molecule has 47 heavy (non-hydrogen) atoms. The van der Waals surface area contributed by atoms with Gasteiger partial charge in [-0.2, -0.15) is 0 Å². The summed E-state index contributed by atoms with van der Waals surface area (Å²) in [6.45, 7) is 0.774. The summed E-state index contributed by atoms with van der Waals surface area (Å²) in [5.41, 5.74) is 13.6. The molecule has 0 radical (unpaired) electrons. The van der Waals surface area contributed by atoms with Crippen LogP contribution in [-0.4, -0.2) is 31.8 Å². The van der Waals surface area contributed by atoms with E-state index >= 15 is 0 Å². The van der Waals surface area contributed by atoms with Crippen LogP contribution in [0.3, 0.4) is 0 Å². The fraction of sp³-hybridized carbons (Fsp3) is 0.0952. The highest BCUT2D eigenvalue weighted by molar-refractivity contribution is 6.15. The Morgan fingerprint density at radius 3 is 2.32 bits per heavy atom. The molecule has 0 unspecified atom stereocenters. The van der Waals surface area contributed by atoms with Gasteiger partial charge in [0.25, 0.3) is 0 Å². The van der Waals surface area contributed by atoms with Gasteiger partial charge in [0, 0.05) is 46.0 Å². The van der Waals surface area contributed by atoms with E-state index in [0.717, 1.165) is 87.7 Å². The molecule has 9 rings (SSSR count).